The lowest BCUT2D eigenvalue weighted by Crippen LogP contribution is -2.53. The summed E-state index contributed by atoms with van der Waals surface area (Å²) in [5.74, 6) is -0.204. The number of ether oxygens (including phenoxy) is 1. The molecule has 0 spiro atoms. The van der Waals surface area contributed by atoms with Crippen LogP contribution in [0.1, 0.15) is 12.5 Å². The van der Waals surface area contributed by atoms with Gasteiger partial charge in [-0.15, -0.1) is 0 Å². The Kier molecular flexibility index (Phi) is 4.32. The molecule has 1 aromatic rings. The molecule has 3 nitrogen and oxygen atoms in total. The van der Waals surface area contributed by atoms with E-state index in [1.54, 1.807) is 0 Å². The van der Waals surface area contributed by atoms with Gasteiger partial charge in [0.05, 0.1) is 25.2 Å². The van der Waals surface area contributed by atoms with E-state index in [-0.39, 0.29) is 17.8 Å². The van der Waals surface area contributed by atoms with E-state index in [1.807, 2.05) is 12.1 Å². The predicted molar refractivity (Wildman–Crippen MR) is 67.9 cm³/mol. The summed E-state index contributed by atoms with van der Waals surface area (Å²) in [6, 6.07) is 6.87. The number of rotatable bonds is 6. The Labute approximate surface area is 107 Å². The molecule has 0 radical (unpaired) electrons. The lowest BCUT2D eigenvalue weighted by atomic mass is 9.86. The van der Waals surface area contributed by atoms with Gasteiger partial charge in [0, 0.05) is 12.6 Å². The Bertz CT molecular complexity index is 370. The molecule has 100 valence electrons. The topological polar surface area (TPSA) is 41.5 Å². The van der Waals surface area contributed by atoms with E-state index in [1.165, 1.54) is 12.1 Å². The van der Waals surface area contributed by atoms with Crippen LogP contribution in [0.5, 0.6) is 0 Å². The number of aliphatic hydroxyl groups is 1. The molecule has 1 unspecified atom stereocenters. The van der Waals surface area contributed by atoms with E-state index in [2.05, 4.69) is 12.2 Å². The van der Waals surface area contributed by atoms with Crippen molar-refractivity contribution in [3.05, 3.63) is 35.6 Å². The minimum Gasteiger partial charge on any atom is -0.396 e. The van der Waals surface area contributed by atoms with Crippen molar-refractivity contribution in [2.75, 3.05) is 26.4 Å². The van der Waals surface area contributed by atoms with Crippen molar-refractivity contribution in [2.24, 2.45) is 5.41 Å². The Morgan fingerprint density at radius 1 is 1.39 bits per heavy atom. The van der Waals surface area contributed by atoms with Crippen LogP contribution in [0.2, 0.25) is 0 Å². The molecule has 4 heteroatoms. The third kappa shape index (κ3) is 3.28. The van der Waals surface area contributed by atoms with Gasteiger partial charge in [-0.25, -0.2) is 4.39 Å². The van der Waals surface area contributed by atoms with Crippen molar-refractivity contribution < 1.29 is 14.2 Å². The minimum absolute atomic E-state index is 0.100. The second kappa shape index (κ2) is 5.78. The van der Waals surface area contributed by atoms with E-state index in [0.29, 0.717) is 19.3 Å². The van der Waals surface area contributed by atoms with Crippen LogP contribution in [0.15, 0.2) is 24.3 Å². The first-order chi connectivity index (χ1) is 8.63. The molecule has 18 heavy (non-hydrogen) atoms. The summed E-state index contributed by atoms with van der Waals surface area (Å²) in [5, 5.41) is 12.7. The minimum atomic E-state index is -0.204. The van der Waals surface area contributed by atoms with E-state index in [0.717, 1.165) is 18.5 Å². The molecule has 0 aromatic heterocycles. The molecular formula is C14H20FNO2. The molecule has 2 N–H and O–H groups in total. The Morgan fingerprint density at radius 3 is 2.56 bits per heavy atom. The third-order valence-corrected chi connectivity index (χ3v) is 3.43. The number of halogens is 1. The first kappa shape index (κ1) is 13.5. The van der Waals surface area contributed by atoms with Crippen LogP contribution in [0.3, 0.4) is 0 Å². The molecule has 0 bridgehead atoms. The quantitative estimate of drug-likeness (QED) is 0.804. The first-order valence-electron chi connectivity index (χ1n) is 6.30. The molecule has 0 saturated carbocycles. The second-order valence-corrected chi connectivity index (χ2v) is 5.26. The molecule has 1 saturated heterocycles. The van der Waals surface area contributed by atoms with Gasteiger partial charge in [-0.1, -0.05) is 12.1 Å². The monoisotopic (exact) mass is 253 g/mol. The van der Waals surface area contributed by atoms with Crippen LogP contribution in [-0.2, 0) is 11.2 Å². The summed E-state index contributed by atoms with van der Waals surface area (Å²) in [5.41, 5.74) is 1.01. The Morgan fingerprint density at radius 2 is 2.06 bits per heavy atom. The van der Waals surface area contributed by atoms with Crippen LogP contribution >= 0.6 is 0 Å². The van der Waals surface area contributed by atoms with Gasteiger partial charge in [-0.2, -0.15) is 0 Å². The molecule has 1 aliphatic heterocycles. The molecule has 1 heterocycles. The molecule has 0 amide bonds. The standard InChI is InChI=1S/C14H20FNO2/c1-11(6-12-2-4-13(15)5-3-12)16-7-14(8-17)9-18-10-14/h2-5,11,16-17H,6-10H2,1H3. The molecule has 2 rings (SSSR count). The van der Waals surface area contributed by atoms with Crippen LogP contribution in [0, 0.1) is 11.2 Å². The fraction of sp³-hybridized carbons (Fsp3) is 0.571. The maximum Gasteiger partial charge on any atom is 0.123 e. The lowest BCUT2D eigenvalue weighted by molar-refractivity contribution is -0.135. The normalized spacial score (nSPS) is 19.3. The number of nitrogens with one attached hydrogen (secondary N) is 1. The van der Waals surface area contributed by atoms with Gasteiger partial charge < -0.3 is 15.2 Å². The van der Waals surface area contributed by atoms with Gasteiger partial charge in [0.1, 0.15) is 5.82 Å². The zero-order valence-corrected chi connectivity index (χ0v) is 10.7. The highest BCUT2D eigenvalue weighted by atomic mass is 19.1. The van der Waals surface area contributed by atoms with Gasteiger partial charge in [-0.05, 0) is 31.0 Å². The van der Waals surface area contributed by atoms with Crippen molar-refractivity contribution in [3.8, 4) is 0 Å². The fourth-order valence-corrected chi connectivity index (χ4v) is 2.08. The SMILES string of the molecule is CC(Cc1ccc(F)cc1)NCC1(CO)COC1. The summed E-state index contributed by atoms with van der Waals surface area (Å²) < 4.78 is 17.9. The zero-order chi connectivity index (χ0) is 13.0. The van der Waals surface area contributed by atoms with Gasteiger partial charge in [0.15, 0.2) is 0 Å². The molecule has 0 aliphatic carbocycles. The summed E-state index contributed by atoms with van der Waals surface area (Å²) in [6.45, 7) is 4.25. The first-order valence-corrected chi connectivity index (χ1v) is 6.30. The summed E-state index contributed by atoms with van der Waals surface area (Å²) in [6.07, 6.45) is 0.850. The van der Waals surface area contributed by atoms with Crippen LogP contribution in [-0.4, -0.2) is 37.5 Å². The zero-order valence-electron chi connectivity index (χ0n) is 10.7. The number of hydrogen-bond donors (Lipinski definition) is 2. The molecule has 1 atom stereocenters. The largest absolute Gasteiger partial charge is 0.396 e. The molecular weight excluding hydrogens is 233 g/mol. The average molecular weight is 253 g/mol. The number of hydrogen-bond acceptors (Lipinski definition) is 3. The van der Waals surface area contributed by atoms with Crippen LogP contribution < -0.4 is 5.32 Å². The molecule has 1 fully saturated rings. The van der Waals surface area contributed by atoms with Crippen molar-refractivity contribution in [3.63, 3.8) is 0 Å². The highest BCUT2D eigenvalue weighted by Gasteiger charge is 2.37. The predicted octanol–water partition coefficient (Wildman–Crippen LogP) is 1.36. The van der Waals surface area contributed by atoms with Gasteiger partial charge in [0.25, 0.3) is 0 Å². The van der Waals surface area contributed by atoms with Gasteiger partial charge in [0.2, 0.25) is 0 Å². The highest BCUT2D eigenvalue weighted by Crippen LogP contribution is 2.25. The smallest absolute Gasteiger partial charge is 0.123 e. The Hall–Kier alpha value is -0.970. The average Bonchev–Trinajstić information content (AvgIpc) is 2.31. The third-order valence-electron chi connectivity index (χ3n) is 3.43. The second-order valence-electron chi connectivity index (χ2n) is 5.26. The summed E-state index contributed by atoms with van der Waals surface area (Å²) in [4.78, 5) is 0. The Balaban J connectivity index is 1.78. The number of benzene rings is 1. The maximum absolute atomic E-state index is 12.8. The van der Waals surface area contributed by atoms with Gasteiger partial charge >= 0.3 is 0 Å². The van der Waals surface area contributed by atoms with Crippen molar-refractivity contribution >= 4 is 0 Å². The van der Waals surface area contributed by atoms with Crippen molar-refractivity contribution in [2.45, 2.75) is 19.4 Å². The van der Waals surface area contributed by atoms with Crippen molar-refractivity contribution in [1.29, 1.82) is 0 Å². The lowest BCUT2D eigenvalue weighted by Gasteiger charge is -2.40. The van der Waals surface area contributed by atoms with E-state index in [4.69, 9.17) is 4.74 Å². The van der Waals surface area contributed by atoms with E-state index >= 15 is 0 Å². The summed E-state index contributed by atoms with van der Waals surface area (Å²) in [7, 11) is 0. The summed E-state index contributed by atoms with van der Waals surface area (Å²) >= 11 is 0. The van der Waals surface area contributed by atoms with Crippen LogP contribution in [0.25, 0.3) is 0 Å². The fourth-order valence-electron chi connectivity index (χ4n) is 2.08. The van der Waals surface area contributed by atoms with Crippen LogP contribution in [0.4, 0.5) is 4.39 Å². The van der Waals surface area contributed by atoms with E-state index in [9.17, 15) is 9.50 Å². The van der Waals surface area contributed by atoms with E-state index < -0.39 is 0 Å². The molecule has 1 aliphatic rings. The van der Waals surface area contributed by atoms with Gasteiger partial charge in [-0.3, -0.25) is 0 Å². The molecule has 1 aromatic carbocycles. The maximum atomic E-state index is 12.8. The van der Waals surface area contributed by atoms with Crippen molar-refractivity contribution in [1.82, 2.24) is 5.32 Å². The highest BCUT2D eigenvalue weighted by molar-refractivity contribution is 5.17. The number of aliphatic hydroxyl groups excluding tert-OH is 1.